The van der Waals surface area contributed by atoms with Gasteiger partial charge in [-0.3, -0.25) is 9.59 Å². The predicted octanol–water partition coefficient (Wildman–Crippen LogP) is 3.09. The number of nitrogens with zero attached hydrogens (tertiary/aromatic N) is 2. The highest BCUT2D eigenvalue weighted by Crippen LogP contribution is 2.37. The number of nitriles is 1. The number of hydrogen-bond donors (Lipinski definition) is 1. The van der Waals surface area contributed by atoms with Crippen LogP contribution in [0.4, 0.5) is 5.00 Å². The second kappa shape index (κ2) is 6.34. The maximum absolute atomic E-state index is 12.4. The van der Waals surface area contributed by atoms with Crippen molar-refractivity contribution in [2.24, 2.45) is 0 Å². The lowest BCUT2D eigenvalue weighted by atomic mass is 9.96. The van der Waals surface area contributed by atoms with Gasteiger partial charge in [-0.1, -0.05) is 18.2 Å². The Bertz CT molecular complexity index is 910. The van der Waals surface area contributed by atoms with E-state index in [0.717, 1.165) is 36.8 Å². The monoisotopic (exact) mass is 351 g/mol. The fourth-order valence-corrected chi connectivity index (χ4v) is 4.81. The first-order valence-electron chi connectivity index (χ1n) is 8.39. The SMILES string of the molecule is N#Cc1c(NC(=O)CN2Cc3ccccc3C2=O)sc2c1CCCC2. The lowest BCUT2D eigenvalue weighted by molar-refractivity contribution is -0.116. The lowest BCUT2D eigenvalue weighted by Gasteiger charge is -2.14. The summed E-state index contributed by atoms with van der Waals surface area (Å²) in [6, 6.07) is 9.66. The van der Waals surface area contributed by atoms with E-state index in [1.807, 2.05) is 18.2 Å². The number of thiophene rings is 1. The number of nitrogens with one attached hydrogen (secondary N) is 1. The van der Waals surface area contributed by atoms with Crippen LogP contribution in [0.3, 0.4) is 0 Å². The molecule has 2 aliphatic rings. The molecular formula is C19H17N3O2S. The van der Waals surface area contributed by atoms with E-state index < -0.39 is 0 Å². The number of carbonyl (C=O) groups excluding carboxylic acids is 2. The molecule has 0 unspecified atom stereocenters. The molecule has 5 nitrogen and oxygen atoms in total. The molecule has 2 heterocycles. The molecule has 1 aromatic heterocycles. The third kappa shape index (κ3) is 2.81. The highest BCUT2D eigenvalue weighted by molar-refractivity contribution is 7.16. The van der Waals surface area contributed by atoms with Gasteiger partial charge in [-0.25, -0.2) is 0 Å². The van der Waals surface area contributed by atoms with Crippen LogP contribution in [-0.4, -0.2) is 23.3 Å². The second-order valence-electron chi connectivity index (χ2n) is 6.39. The minimum absolute atomic E-state index is 0.000941. The minimum Gasteiger partial charge on any atom is -0.325 e. The van der Waals surface area contributed by atoms with E-state index in [-0.39, 0.29) is 18.4 Å². The van der Waals surface area contributed by atoms with Crippen LogP contribution in [0.2, 0.25) is 0 Å². The van der Waals surface area contributed by atoms with E-state index in [4.69, 9.17) is 0 Å². The van der Waals surface area contributed by atoms with E-state index in [1.165, 1.54) is 16.2 Å². The van der Waals surface area contributed by atoms with Crippen LogP contribution in [0.15, 0.2) is 24.3 Å². The molecule has 0 radical (unpaired) electrons. The Kier molecular flexibility index (Phi) is 4.02. The average molecular weight is 351 g/mol. The number of benzene rings is 1. The molecule has 1 N–H and O–H groups in total. The molecule has 0 saturated heterocycles. The quantitative estimate of drug-likeness (QED) is 0.923. The molecule has 0 spiro atoms. The second-order valence-corrected chi connectivity index (χ2v) is 7.50. The first-order valence-corrected chi connectivity index (χ1v) is 9.20. The lowest BCUT2D eigenvalue weighted by Crippen LogP contribution is -2.33. The summed E-state index contributed by atoms with van der Waals surface area (Å²) in [5, 5.41) is 12.9. The standard InChI is InChI=1S/C19H17N3O2S/c20-9-15-14-7-3-4-8-16(14)25-18(15)21-17(23)11-22-10-12-5-1-2-6-13(12)19(22)24/h1-2,5-6H,3-4,7-8,10-11H2,(H,21,23). The fourth-order valence-electron chi connectivity index (χ4n) is 3.55. The molecule has 6 heteroatoms. The van der Waals surface area contributed by atoms with E-state index in [1.54, 1.807) is 11.0 Å². The van der Waals surface area contributed by atoms with Crippen molar-refractivity contribution in [2.45, 2.75) is 32.2 Å². The smallest absolute Gasteiger partial charge is 0.254 e. The molecule has 4 rings (SSSR count). The Hall–Kier alpha value is -2.65. The Morgan fingerprint density at radius 3 is 2.88 bits per heavy atom. The van der Waals surface area contributed by atoms with Crippen LogP contribution in [0, 0.1) is 11.3 Å². The number of aryl methyl sites for hydroxylation is 1. The molecular weight excluding hydrogens is 334 g/mol. The number of rotatable bonds is 3. The third-order valence-corrected chi connectivity index (χ3v) is 5.97. The van der Waals surface area contributed by atoms with Crippen molar-refractivity contribution in [1.29, 1.82) is 5.26 Å². The van der Waals surface area contributed by atoms with Gasteiger partial charge in [-0.2, -0.15) is 5.26 Å². The molecule has 0 saturated carbocycles. The van der Waals surface area contributed by atoms with Gasteiger partial charge in [0.1, 0.15) is 17.6 Å². The summed E-state index contributed by atoms with van der Waals surface area (Å²) in [5.41, 5.74) is 3.31. The Morgan fingerprint density at radius 2 is 2.08 bits per heavy atom. The third-order valence-electron chi connectivity index (χ3n) is 4.77. The van der Waals surface area contributed by atoms with E-state index in [0.29, 0.717) is 22.7 Å². The number of anilines is 1. The van der Waals surface area contributed by atoms with Crippen LogP contribution < -0.4 is 5.32 Å². The van der Waals surface area contributed by atoms with Gasteiger partial charge >= 0.3 is 0 Å². The maximum Gasteiger partial charge on any atom is 0.254 e. The van der Waals surface area contributed by atoms with Gasteiger partial charge in [0.05, 0.1) is 5.56 Å². The first-order chi connectivity index (χ1) is 12.2. The molecule has 126 valence electrons. The van der Waals surface area contributed by atoms with Gasteiger partial charge in [-0.15, -0.1) is 11.3 Å². The maximum atomic E-state index is 12.4. The van der Waals surface area contributed by atoms with Crippen molar-refractivity contribution in [1.82, 2.24) is 4.90 Å². The predicted molar refractivity (Wildman–Crippen MR) is 95.5 cm³/mol. The van der Waals surface area contributed by atoms with Gasteiger partial charge in [0.2, 0.25) is 5.91 Å². The summed E-state index contributed by atoms with van der Waals surface area (Å²) in [6.45, 7) is 0.454. The van der Waals surface area contributed by atoms with Crippen LogP contribution in [0.25, 0.3) is 0 Å². The summed E-state index contributed by atoms with van der Waals surface area (Å²) < 4.78 is 0. The summed E-state index contributed by atoms with van der Waals surface area (Å²) in [5.74, 6) is -0.368. The van der Waals surface area contributed by atoms with Crippen LogP contribution >= 0.6 is 11.3 Å². The summed E-state index contributed by atoms with van der Waals surface area (Å²) in [4.78, 5) is 27.6. The highest BCUT2D eigenvalue weighted by atomic mass is 32.1. The van der Waals surface area contributed by atoms with Crippen molar-refractivity contribution in [3.63, 3.8) is 0 Å². The normalized spacial score (nSPS) is 15.5. The number of amides is 2. The number of hydrogen-bond acceptors (Lipinski definition) is 4. The van der Waals surface area contributed by atoms with Crippen molar-refractivity contribution >= 4 is 28.2 Å². The molecule has 25 heavy (non-hydrogen) atoms. The van der Waals surface area contributed by atoms with Crippen molar-refractivity contribution < 1.29 is 9.59 Å². The topological polar surface area (TPSA) is 73.2 Å². The Balaban J connectivity index is 1.48. The molecule has 0 bridgehead atoms. The van der Waals surface area contributed by atoms with Crippen molar-refractivity contribution in [3.8, 4) is 6.07 Å². The zero-order valence-corrected chi connectivity index (χ0v) is 14.5. The minimum atomic E-state index is -0.253. The van der Waals surface area contributed by atoms with E-state index >= 15 is 0 Å². The molecule has 1 aliphatic carbocycles. The summed E-state index contributed by atoms with van der Waals surface area (Å²) in [7, 11) is 0. The summed E-state index contributed by atoms with van der Waals surface area (Å²) >= 11 is 1.50. The molecule has 2 aromatic rings. The molecule has 1 aromatic carbocycles. The Morgan fingerprint density at radius 1 is 1.28 bits per heavy atom. The number of fused-ring (bicyclic) bond motifs is 2. The fraction of sp³-hybridized carbons (Fsp3) is 0.316. The van der Waals surface area contributed by atoms with Gasteiger partial charge in [-0.05, 0) is 42.9 Å². The zero-order valence-electron chi connectivity index (χ0n) is 13.7. The van der Waals surface area contributed by atoms with Crippen molar-refractivity contribution in [3.05, 3.63) is 51.4 Å². The van der Waals surface area contributed by atoms with E-state index in [2.05, 4.69) is 11.4 Å². The van der Waals surface area contributed by atoms with Crippen LogP contribution in [0.5, 0.6) is 0 Å². The zero-order chi connectivity index (χ0) is 17.4. The van der Waals surface area contributed by atoms with Gasteiger partial charge < -0.3 is 10.2 Å². The van der Waals surface area contributed by atoms with Crippen LogP contribution in [-0.2, 0) is 24.2 Å². The highest BCUT2D eigenvalue weighted by Gasteiger charge is 2.29. The van der Waals surface area contributed by atoms with Crippen molar-refractivity contribution in [2.75, 3.05) is 11.9 Å². The van der Waals surface area contributed by atoms with Crippen LogP contribution in [0.1, 0.15) is 44.8 Å². The Labute approximate surface area is 149 Å². The largest absolute Gasteiger partial charge is 0.325 e. The molecule has 0 atom stereocenters. The molecule has 2 amide bonds. The molecule has 0 fully saturated rings. The number of carbonyl (C=O) groups is 2. The van der Waals surface area contributed by atoms with Gasteiger partial charge in [0.15, 0.2) is 0 Å². The van der Waals surface area contributed by atoms with Gasteiger partial charge in [0.25, 0.3) is 5.91 Å². The first kappa shape index (κ1) is 15.9. The summed E-state index contributed by atoms with van der Waals surface area (Å²) in [6.07, 6.45) is 4.10. The average Bonchev–Trinajstić information content (AvgIpc) is 3.12. The van der Waals surface area contributed by atoms with Gasteiger partial charge in [0, 0.05) is 17.0 Å². The molecule has 1 aliphatic heterocycles. The van der Waals surface area contributed by atoms with E-state index in [9.17, 15) is 14.9 Å².